The number of rotatable bonds is 8. The molecule has 0 saturated carbocycles. The Balaban J connectivity index is 1.54. The van der Waals surface area contributed by atoms with E-state index in [1.807, 2.05) is 43.3 Å². The van der Waals surface area contributed by atoms with Gasteiger partial charge in [0.05, 0.1) is 6.04 Å². The first-order chi connectivity index (χ1) is 18.0. The maximum atomic E-state index is 13.2. The zero-order valence-electron chi connectivity index (χ0n) is 23.5. The minimum absolute atomic E-state index is 0.0850. The lowest BCUT2D eigenvalue weighted by molar-refractivity contribution is -0.113. The molecule has 0 radical (unpaired) electrons. The lowest BCUT2D eigenvalue weighted by Gasteiger charge is -2.21. The van der Waals surface area contributed by atoms with Crippen molar-refractivity contribution in [3.8, 4) is 5.75 Å². The number of aromatic nitrogens is 1. The van der Waals surface area contributed by atoms with Crippen LogP contribution in [0.15, 0.2) is 66.7 Å². The van der Waals surface area contributed by atoms with Gasteiger partial charge in [-0.3, -0.25) is 9.59 Å². The summed E-state index contributed by atoms with van der Waals surface area (Å²) < 4.78 is 7.93. The van der Waals surface area contributed by atoms with Crippen LogP contribution in [0.2, 0.25) is 0 Å². The van der Waals surface area contributed by atoms with Crippen LogP contribution in [0.1, 0.15) is 79.0 Å². The average molecular weight is 511 g/mol. The van der Waals surface area contributed by atoms with Crippen molar-refractivity contribution in [3.63, 3.8) is 0 Å². The maximum absolute atomic E-state index is 13.2. The van der Waals surface area contributed by atoms with Gasteiger partial charge in [-0.1, -0.05) is 57.2 Å². The van der Waals surface area contributed by atoms with Crippen LogP contribution in [0, 0.1) is 13.8 Å². The van der Waals surface area contributed by atoms with Crippen molar-refractivity contribution in [2.45, 2.75) is 72.6 Å². The van der Waals surface area contributed by atoms with Gasteiger partial charge >= 0.3 is 0 Å². The van der Waals surface area contributed by atoms with E-state index in [-0.39, 0.29) is 17.4 Å². The number of ether oxygens (including phenoxy) is 1. The largest absolute Gasteiger partial charge is 0.483 e. The Morgan fingerprint density at radius 3 is 2.37 bits per heavy atom. The molecule has 4 aromatic rings. The number of amides is 1. The molecule has 198 valence electrons. The van der Waals surface area contributed by atoms with Gasteiger partial charge in [0.1, 0.15) is 5.75 Å². The predicted molar refractivity (Wildman–Crippen MR) is 154 cm³/mol. The highest BCUT2D eigenvalue weighted by atomic mass is 16.5. The molecule has 0 unspecified atom stereocenters. The lowest BCUT2D eigenvalue weighted by atomic mass is 9.86. The molecule has 0 bridgehead atoms. The van der Waals surface area contributed by atoms with E-state index < -0.39 is 6.10 Å². The van der Waals surface area contributed by atoms with E-state index in [4.69, 9.17) is 4.74 Å². The minimum Gasteiger partial charge on any atom is -0.483 e. The molecule has 1 amide bonds. The van der Waals surface area contributed by atoms with Gasteiger partial charge in [0.25, 0.3) is 5.91 Å². The number of benzene rings is 3. The predicted octanol–water partition coefficient (Wildman–Crippen LogP) is 7.06. The van der Waals surface area contributed by atoms with Gasteiger partial charge in [-0.05, 0) is 85.7 Å². The number of hydrogen-bond donors (Lipinski definition) is 1. The van der Waals surface area contributed by atoms with Crippen molar-refractivity contribution < 1.29 is 14.3 Å². The van der Waals surface area contributed by atoms with E-state index in [0.717, 1.165) is 39.6 Å². The van der Waals surface area contributed by atoms with Crippen LogP contribution >= 0.6 is 0 Å². The highest BCUT2D eigenvalue weighted by molar-refractivity contribution is 5.99. The number of carbonyl (C=O) groups excluding carboxylic acids is 2. The molecule has 0 saturated heterocycles. The fraction of sp³-hybridized carbons (Fsp3) is 0.333. The molecule has 0 fully saturated rings. The Morgan fingerprint density at radius 2 is 1.71 bits per heavy atom. The molecule has 5 heteroatoms. The topological polar surface area (TPSA) is 60.3 Å². The fourth-order valence-corrected chi connectivity index (χ4v) is 4.77. The van der Waals surface area contributed by atoms with Crippen LogP contribution < -0.4 is 10.1 Å². The quantitative estimate of drug-likeness (QED) is 0.258. The summed E-state index contributed by atoms with van der Waals surface area (Å²) in [5.41, 5.74) is 7.56. The van der Waals surface area contributed by atoms with Crippen LogP contribution in [0.25, 0.3) is 10.9 Å². The Hall–Kier alpha value is -3.86. The Morgan fingerprint density at radius 1 is 1.00 bits per heavy atom. The second-order valence-corrected chi connectivity index (χ2v) is 11.2. The third-order valence-corrected chi connectivity index (χ3v) is 7.28. The highest BCUT2D eigenvalue weighted by Crippen LogP contribution is 2.29. The number of nitrogens with zero attached hydrogens (tertiary/aromatic N) is 1. The normalized spacial score (nSPS) is 13.2. The molecule has 5 nitrogen and oxygen atoms in total. The number of aldehydes is 1. The summed E-state index contributed by atoms with van der Waals surface area (Å²) in [5.74, 6) is 0.590. The molecule has 1 aromatic heterocycles. The molecular weight excluding hydrogens is 472 g/mol. The fourth-order valence-electron chi connectivity index (χ4n) is 4.77. The number of aryl methyl sites for hydroxylation is 1. The molecule has 0 aliphatic heterocycles. The SMILES string of the molecule is Cc1c(C)n(Cc2cccc(O[C@H](C)C=O)c2)c2ccc(C(=O)N[C@@H](C)c3ccc(C(C)(C)C)cc3)cc12. The van der Waals surface area contributed by atoms with Crippen LogP contribution in [-0.2, 0) is 16.8 Å². The molecule has 1 N–H and O–H groups in total. The average Bonchev–Trinajstić information content (AvgIpc) is 3.12. The van der Waals surface area contributed by atoms with Crippen LogP contribution in [0.3, 0.4) is 0 Å². The summed E-state index contributed by atoms with van der Waals surface area (Å²) in [6, 6.07) is 22.1. The molecule has 3 aromatic carbocycles. The van der Waals surface area contributed by atoms with Crippen molar-refractivity contribution in [1.29, 1.82) is 0 Å². The summed E-state index contributed by atoms with van der Waals surface area (Å²) in [4.78, 5) is 24.2. The Kier molecular flexibility index (Phi) is 7.77. The molecule has 1 heterocycles. The molecule has 0 spiro atoms. The van der Waals surface area contributed by atoms with E-state index in [1.54, 1.807) is 6.92 Å². The van der Waals surface area contributed by atoms with E-state index in [9.17, 15) is 9.59 Å². The van der Waals surface area contributed by atoms with Crippen molar-refractivity contribution in [2.24, 2.45) is 0 Å². The number of fused-ring (bicyclic) bond motifs is 1. The van der Waals surface area contributed by atoms with Gasteiger partial charge < -0.3 is 14.6 Å². The molecule has 38 heavy (non-hydrogen) atoms. The first kappa shape index (κ1) is 27.2. The van der Waals surface area contributed by atoms with Crippen molar-refractivity contribution in [3.05, 3.63) is 100 Å². The lowest BCUT2D eigenvalue weighted by Crippen LogP contribution is -2.26. The van der Waals surface area contributed by atoms with Crippen molar-refractivity contribution in [2.75, 3.05) is 0 Å². The van der Waals surface area contributed by atoms with Crippen LogP contribution in [-0.4, -0.2) is 22.9 Å². The van der Waals surface area contributed by atoms with Gasteiger partial charge in [-0.15, -0.1) is 0 Å². The molecule has 0 aliphatic carbocycles. The van der Waals surface area contributed by atoms with Gasteiger partial charge in [-0.2, -0.15) is 0 Å². The van der Waals surface area contributed by atoms with Gasteiger partial charge in [0.2, 0.25) is 0 Å². The monoisotopic (exact) mass is 510 g/mol. The van der Waals surface area contributed by atoms with Gasteiger partial charge in [0.15, 0.2) is 12.4 Å². The van der Waals surface area contributed by atoms with E-state index in [1.165, 1.54) is 5.56 Å². The second kappa shape index (κ2) is 10.9. The molecule has 2 atom stereocenters. The van der Waals surface area contributed by atoms with E-state index in [2.05, 4.69) is 74.8 Å². The standard InChI is InChI=1S/C33H38N2O3/c1-21(20-36)38-29-10-8-9-25(17-29)19-35-24(4)22(2)30-18-27(13-16-31(30)35)32(37)34-23(3)26-11-14-28(15-12-26)33(5,6)7/h8-18,20-21,23H,19H2,1-7H3,(H,34,37)/t21-,23+/m1/s1. The van der Waals surface area contributed by atoms with Gasteiger partial charge in [0, 0.05) is 28.7 Å². The highest BCUT2D eigenvalue weighted by Gasteiger charge is 2.18. The van der Waals surface area contributed by atoms with Crippen molar-refractivity contribution in [1.82, 2.24) is 9.88 Å². The summed E-state index contributed by atoms with van der Waals surface area (Å²) in [6.45, 7) is 15.2. The summed E-state index contributed by atoms with van der Waals surface area (Å²) >= 11 is 0. The Bertz CT molecular complexity index is 1460. The van der Waals surface area contributed by atoms with Crippen LogP contribution in [0.4, 0.5) is 0 Å². The number of nitrogens with one attached hydrogen (secondary N) is 1. The third kappa shape index (κ3) is 5.83. The molecule has 4 rings (SSSR count). The summed E-state index contributed by atoms with van der Waals surface area (Å²) in [5, 5.41) is 4.23. The molecule has 0 aliphatic rings. The molecular formula is C33H38N2O3. The minimum atomic E-state index is -0.489. The van der Waals surface area contributed by atoms with Crippen LogP contribution in [0.5, 0.6) is 5.75 Å². The van der Waals surface area contributed by atoms with E-state index in [0.29, 0.717) is 17.9 Å². The first-order valence-corrected chi connectivity index (χ1v) is 13.2. The summed E-state index contributed by atoms with van der Waals surface area (Å²) in [7, 11) is 0. The maximum Gasteiger partial charge on any atom is 0.251 e. The van der Waals surface area contributed by atoms with Gasteiger partial charge in [-0.25, -0.2) is 0 Å². The summed E-state index contributed by atoms with van der Waals surface area (Å²) in [6.07, 6.45) is 0.299. The third-order valence-electron chi connectivity index (χ3n) is 7.28. The number of hydrogen-bond acceptors (Lipinski definition) is 3. The first-order valence-electron chi connectivity index (χ1n) is 13.2. The Labute approximate surface area is 225 Å². The number of carbonyl (C=O) groups is 2. The zero-order chi connectivity index (χ0) is 27.6. The second-order valence-electron chi connectivity index (χ2n) is 11.2. The van der Waals surface area contributed by atoms with Crippen molar-refractivity contribution >= 4 is 23.1 Å². The zero-order valence-corrected chi connectivity index (χ0v) is 23.5. The smallest absolute Gasteiger partial charge is 0.251 e. The van der Waals surface area contributed by atoms with E-state index >= 15 is 0 Å².